The topological polar surface area (TPSA) is 91.8 Å². The summed E-state index contributed by atoms with van der Waals surface area (Å²) in [6.07, 6.45) is 2.02. The Bertz CT molecular complexity index is 608. The normalized spacial score (nSPS) is 11.5. The fourth-order valence-corrected chi connectivity index (χ4v) is 2.49. The third-order valence-electron chi connectivity index (χ3n) is 2.88. The van der Waals surface area contributed by atoms with E-state index in [1.165, 1.54) is 0 Å². The quantitative estimate of drug-likeness (QED) is 0.222. The molecule has 3 N–H and O–H groups in total. The highest BCUT2D eigenvalue weighted by atomic mass is 127. The van der Waals surface area contributed by atoms with Crippen molar-refractivity contribution in [3.8, 4) is 0 Å². The molecule has 0 amide bonds. The number of methoxy groups -OCH3 is 1. The molecule has 0 spiro atoms. The molecule has 0 saturated carbocycles. The molecule has 1 aromatic carbocycles. The van der Waals surface area contributed by atoms with Crippen molar-refractivity contribution >= 4 is 45.6 Å². The van der Waals surface area contributed by atoms with E-state index in [9.17, 15) is 8.42 Å². The molecule has 0 bridgehead atoms. The van der Waals surface area contributed by atoms with E-state index in [1.54, 1.807) is 19.2 Å². The average Bonchev–Trinajstić information content (AvgIpc) is 2.49. The lowest BCUT2D eigenvalue weighted by Crippen LogP contribution is -2.38. The number of sulfonamides is 1. The van der Waals surface area contributed by atoms with Crippen LogP contribution in [-0.2, 0) is 21.3 Å². The number of benzene rings is 1. The van der Waals surface area contributed by atoms with Gasteiger partial charge in [-0.2, -0.15) is 0 Å². The molecule has 0 saturated heterocycles. The molecule has 1 aromatic rings. The van der Waals surface area contributed by atoms with Crippen LogP contribution in [-0.4, -0.2) is 47.4 Å². The minimum atomic E-state index is -3.31. The zero-order valence-electron chi connectivity index (χ0n) is 14.3. The average molecular weight is 470 g/mol. The minimum absolute atomic E-state index is 0. The van der Waals surface area contributed by atoms with Gasteiger partial charge in [-0.3, -0.25) is 4.72 Å². The first-order valence-electron chi connectivity index (χ1n) is 7.53. The number of halogens is 1. The first-order valence-corrected chi connectivity index (χ1v) is 9.42. The van der Waals surface area contributed by atoms with E-state index in [0.717, 1.165) is 31.3 Å². The molecule has 0 aliphatic heterocycles. The highest BCUT2D eigenvalue weighted by Crippen LogP contribution is 2.17. The van der Waals surface area contributed by atoms with Crippen LogP contribution in [0.15, 0.2) is 29.3 Å². The Labute approximate surface area is 161 Å². The summed E-state index contributed by atoms with van der Waals surface area (Å²) < 4.78 is 30.3. The number of ether oxygens (including phenoxy) is 1. The molecule has 0 aliphatic carbocycles. The maximum Gasteiger partial charge on any atom is 0.229 e. The predicted octanol–water partition coefficient (Wildman–Crippen LogP) is 1.77. The predicted molar refractivity (Wildman–Crippen MR) is 110 cm³/mol. The molecule has 9 heteroatoms. The van der Waals surface area contributed by atoms with Crippen LogP contribution in [0.2, 0.25) is 0 Å². The number of rotatable bonds is 9. The molecule has 0 fully saturated rings. The fourth-order valence-electron chi connectivity index (χ4n) is 1.89. The maximum atomic E-state index is 11.4. The van der Waals surface area contributed by atoms with Gasteiger partial charge in [-0.15, -0.1) is 24.0 Å². The molecule has 138 valence electrons. The minimum Gasteiger partial charge on any atom is -0.385 e. The third-order valence-corrected chi connectivity index (χ3v) is 3.47. The Morgan fingerprint density at radius 2 is 1.96 bits per heavy atom. The van der Waals surface area contributed by atoms with Gasteiger partial charge in [-0.1, -0.05) is 18.2 Å². The van der Waals surface area contributed by atoms with Gasteiger partial charge >= 0.3 is 0 Å². The van der Waals surface area contributed by atoms with Crippen molar-refractivity contribution in [3.63, 3.8) is 0 Å². The van der Waals surface area contributed by atoms with Crippen molar-refractivity contribution in [1.82, 2.24) is 10.6 Å². The number of hydrogen-bond acceptors (Lipinski definition) is 4. The van der Waals surface area contributed by atoms with Gasteiger partial charge in [0.15, 0.2) is 5.96 Å². The lowest BCUT2D eigenvalue weighted by atomic mass is 10.2. The van der Waals surface area contributed by atoms with E-state index < -0.39 is 10.0 Å². The van der Waals surface area contributed by atoms with Crippen molar-refractivity contribution in [2.24, 2.45) is 4.99 Å². The molecule has 1 rings (SSSR count). The van der Waals surface area contributed by atoms with Crippen molar-refractivity contribution in [1.29, 1.82) is 0 Å². The summed E-state index contributed by atoms with van der Waals surface area (Å²) in [7, 11) is -1.64. The Hall–Kier alpha value is -1.07. The number of aliphatic imine (C=N–C) groups is 1. The molecule has 0 unspecified atom stereocenters. The van der Waals surface area contributed by atoms with Crippen LogP contribution in [0.3, 0.4) is 0 Å². The van der Waals surface area contributed by atoms with E-state index in [0.29, 0.717) is 24.8 Å². The molecular formula is C15H27IN4O3S. The van der Waals surface area contributed by atoms with E-state index in [4.69, 9.17) is 4.74 Å². The summed E-state index contributed by atoms with van der Waals surface area (Å²) in [6, 6.07) is 7.22. The highest BCUT2D eigenvalue weighted by molar-refractivity contribution is 14.0. The maximum absolute atomic E-state index is 11.4. The van der Waals surface area contributed by atoms with Gasteiger partial charge in [0.1, 0.15) is 0 Å². The summed E-state index contributed by atoms with van der Waals surface area (Å²) in [5.41, 5.74) is 1.36. The molecule has 24 heavy (non-hydrogen) atoms. The van der Waals surface area contributed by atoms with Crippen LogP contribution in [0.25, 0.3) is 0 Å². The van der Waals surface area contributed by atoms with Gasteiger partial charge in [0, 0.05) is 26.8 Å². The van der Waals surface area contributed by atoms with Gasteiger partial charge in [0.25, 0.3) is 0 Å². The molecule has 0 heterocycles. The SMILES string of the molecule is CCNC(=NCc1ccccc1NS(C)(=O)=O)NCCCOC.I. The van der Waals surface area contributed by atoms with Gasteiger partial charge in [-0.05, 0) is 25.0 Å². The highest BCUT2D eigenvalue weighted by Gasteiger charge is 2.07. The zero-order valence-corrected chi connectivity index (χ0v) is 17.5. The van der Waals surface area contributed by atoms with E-state index >= 15 is 0 Å². The summed E-state index contributed by atoms with van der Waals surface area (Å²) in [5, 5.41) is 6.37. The van der Waals surface area contributed by atoms with Gasteiger partial charge < -0.3 is 15.4 Å². The summed E-state index contributed by atoms with van der Waals surface area (Å²) in [6.45, 7) is 4.56. The van der Waals surface area contributed by atoms with Crippen LogP contribution >= 0.6 is 24.0 Å². The lowest BCUT2D eigenvalue weighted by Gasteiger charge is -2.12. The first-order chi connectivity index (χ1) is 11.0. The van der Waals surface area contributed by atoms with Crippen molar-refractivity contribution in [2.45, 2.75) is 19.9 Å². The number of nitrogens with one attached hydrogen (secondary N) is 3. The van der Waals surface area contributed by atoms with Gasteiger partial charge in [-0.25, -0.2) is 13.4 Å². The molecule has 0 radical (unpaired) electrons. The molecule has 0 aliphatic rings. The molecule has 0 aromatic heterocycles. The summed E-state index contributed by atoms with van der Waals surface area (Å²) in [5.74, 6) is 0.692. The standard InChI is InChI=1S/C15H26N4O3S.HI/c1-4-16-15(17-10-7-11-22-2)18-12-13-8-5-6-9-14(13)19-23(3,20)21;/h5-6,8-9,19H,4,7,10-12H2,1-3H3,(H2,16,17,18);1H. The smallest absolute Gasteiger partial charge is 0.229 e. The van der Waals surface area contributed by atoms with Crippen molar-refractivity contribution in [2.75, 3.05) is 37.8 Å². The fraction of sp³-hybridized carbons (Fsp3) is 0.533. The van der Waals surface area contributed by atoms with Crippen LogP contribution < -0.4 is 15.4 Å². The van der Waals surface area contributed by atoms with Crippen LogP contribution in [0.5, 0.6) is 0 Å². The van der Waals surface area contributed by atoms with E-state index in [2.05, 4.69) is 20.3 Å². The van der Waals surface area contributed by atoms with Gasteiger partial charge in [0.2, 0.25) is 10.0 Å². The molecular weight excluding hydrogens is 443 g/mol. The monoisotopic (exact) mass is 470 g/mol. The Morgan fingerprint density at radius 1 is 1.25 bits per heavy atom. The largest absolute Gasteiger partial charge is 0.385 e. The number of guanidine groups is 1. The number of nitrogens with zero attached hydrogens (tertiary/aromatic N) is 1. The number of para-hydroxylation sites is 1. The Morgan fingerprint density at radius 3 is 2.58 bits per heavy atom. The van der Waals surface area contributed by atoms with Crippen molar-refractivity contribution in [3.05, 3.63) is 29.8 Å². The third kappa shape index (κ3) is 9.93. The molecule has 0 atom stereocenters. The first kappa shape index (κ1) is 22.9. The second kappa shape index (κ2) is 12.3. The Balaban J connectivity index is 0.00000529. The number of hydrogen-bond donors (Lipinski definition) is 3. The summed E-state index contributed by atoms with van der Waals surface area (Å²) in [4.78, 5) is 4.49. The Kier molecular flexibility index (Phi) is 11.8. The van der Waals surface area contributed by atoms with Crippen LogP contribution in [0.4, 0.5) is 5.69 Å². The van der Waals surface area contributed by atoms with E-state index in [-0.39, 0.29) is 24.0 Å². The lowest BCUT2D eigenvalue weighted by molar-refractivity contribution is 0.195. The van der Waals surface area contributed by atoms with Crippen LogP contribution in [0, 0.1) is 0 Å². The van der Waals surface area contributed by atoms with Crippen molar-refractivity contribution < 1.29 is 13.2 Å². The van der Waals surface area contributed by atoms with Gasteiger partial charge in [0.05, 0.1) is 18.5 Å². The zero-order chi connectivity index (χ0) is 17.1. The second-order valence-corrected chi connectivity index (χ2v) is 6.75. The van der Waals surface area contributed by atoms with Crippen LogP contribution in [0.1, 0.15) is 18.9 Å². The number of anilines is 1. The molecule has 7 nitrogen and oxygen atoms in total. The summed E-state index contributed by atoms with van der Waals surface area (Å²) >= 11 is 0. The second-order valence-electron chi connectivity index (χ2n) is 5.00. The van der Waals surface area contributed by atoms with E-state index in [1.807, 2.05) is 19.1 Å².